The molecular formula is C18H33N. The SMILES string of the molecule is CCC/C=C\CCCC/C(C)=C(\CC)C(C)=NCC. The van der Waals surface area contributed by atoms with Crippen molar-refractivity contribution in [3.05, 3.63) is 23.3 Å². The first-order valence-corrected chi connectivity index (χ1v) is 8.02. The monoisotopic (exact) mass is 263 g/mol. The predicted molar refractivity (Wildman–Crippen MR) is 89.2 cm³/mol. The van der Waals surface area contributed by atoms with Crippen LogP contribution in [-0.4, -0.2) is 12.3 Å². The molecule has 0 aromatic heterocycles. The van der Waals surface area contributed by atoms with Crippen molar-refractivity contribution >= 4 is 5.71 Å². The van der Waals surface area contributed by atoms with Gasteiger partial charge in [0.05, 0.1) is 0 Å². The molecule has 0 saturated carbocycles. The lowest BCUT2D eigenvalue weighted by Gasteiger charge is -2.10. The van der Waals surface area contributed by atoms with Crippen LogP contribution in [0.4, 0.5) is 0 Å². The molecular weight excluding hydrogens is 230 g/mol. The molecule has 0 aliphatic heterocycles. The van der Waals surface area contributed by atoms with Crippen molar-refractivity contribution in [2.24, 2.45) is 4.99 Å². The third-order valence-electron chi connectivity index (χ3n) is 3.50. The summed E-state index contributed by atoms with van der Waals surface area (Å²) in [5.74, 6) is 0. The Balaban J connectivity index is 4.12. The number of allylic oxidation sites excluding steroid dienone is 4. The second-order valence-electron chi connectivity index (χ2n) is 5.18. The van der Waals surface area contributed by atoms with Crippen molar-refractivity contribution in [1.82, 2.24) is 0 Å². The van der Waals surface area contributed by atoms with Crippen LogP contribution in [0.15, 0.2) is 28.3 Å². The Morgan fingerprint density at radius 2 is 1.63 bits per heavy atom. The Morgan fingerprint density at radius 1 is 0.947 bits per heavy atom. The molecule has 0 heterocycles. The Hall–Kier alpha value is -0.850. The van der Waals surface area contributed by atoms with E-state index in [9.17, 15) is 0 Å². The van der Waals surface area contributed by atoms with Gasteiger partial charge < -0.3 is 0 Å². The van der Waals surface area contributed by atoms with Crippen LogP contribution in [-0.2, 0) is 0 Å². The van der Waals surface area contributed by atoms with Gasteiger partial charge in [-0.2, -0.15) is 0 Å². The van der Waals surface area contributed by atoms with Crippen LogP contribution >= 0.6 is 0 Å². The van der Waals surface area contributed by atoms with Gasteiger partial charge in [0.25, 0.3) is 0 Å². The lowest BCUT2D eigenvalue weighted by atomic mass is 9.98. The van der Waals surface area contributed by atoms with E-state index in [1.165, 1.54) is 55.4 Å². The fraction of sp³-hybridized carbons (Fsp3) is 0.722. The highest BCUT2D eigenvalue weighted by Crippen LogP contribution is 2.17. The van der Waals surface area contributed by atoms with E-state index >= 15 is 0 Å². The summed E-state index contributed by atoms with van der Waals surface area (Å²) in [4.78, 5) is 4.54. The lowest BCUT2D eigenvalue weighted by Crippen LogP contribution is -2.01. The molecule has 0 fully saturated rings. The summed E-state index contributed by atoms with van der Waals surface area (Å²) in [7, 11) is 0. The van der Waals surface area contributed by atoms with Gasteiger partial charge in [0.1, 0.15) is 0 Å². The quantitative estimate of drug-likeness (QED) is 0.256. The largest absolute Gasteiger partial charge is 0.290 e. The van der Waals surface area contributed by atoms with Crippen molar-refractivity contribution in [3.8, 4) is 0 Å². The number of rotatable bonds is 10. The third-order valence-corrected chi connectivity index (χ3v) is 3.50. The van der Waals surface area contributed by atoms with Gasteiger partial charge in [-0.05, 0) is 64.9 Å². The van der Waals surface area contributed by atoms with E-state index in [4.69, 9.17) is 0 Å². The van der Waals surface area contributed by atoms with E-state index in [1.807, 2.05) is 0 Å². The Bertz CT molecular complexity index is 308. The number of nitrogens with zero attached hydrogens (tertiary/aromatic N) is 1. The molecule has 19 heavy (non-hydrogen) atoms. The van der Waals surface area contributed by atoms with Gasteiger partial charge >= 0.3 is 0 Å². The van der Waals surface area contributed by atoms with Crippen LogP contribution in [0.2, 0.25) is 0 Å². The highest BCUT2D eigenvalue weighted by atomic mass is 14.7. The van der Waals surface area contributed by atoms with Gasteiger partial charge in [-0.25, -0.2) is 0 Å². The molecule has 0 aliphatic carbocycles. The summed E-state index contributed by atoms with van der Waals surface area (Å²) in [5, 5.41) is 0. The Morgan fingerprint density at radius 3 is 2.21 bits per heavy atom. The second kappa shape index (κ2) is 12.2. The van der Waals surface area contributed by atoms with Crippen LogP contribution in [0.1, 0.15) is 79.6 Å². The summed E-state index contributed by atoms with van der Waals surface area (Å²) in [6.07, 6.45) is 13.3. The van der Waals surface area contributed by atoms with Crippen molar-refractivity contribution in [1.29, 1.82) is 0 Å². The maximum atomic E-state index is 4.54. The smallest absolute Gasteiger partial charge is 0.0364 e. The maximum Gasteiger partial charge on any atom is 0.0364 e. The normalized spacial score (nSPS) is 14.1. The molecule has 1 nitrogen and oxygen atoms in total. The topological polar surface area (TPSA) is 12.4 Å². The first-order chi connectivity index (χ1) is 9.17. The van der Waals surface area contributed by atoms with Crippen molar-refractivity contribution in [3.63, 3.8) is 0 Å². The highest BCUT2D eigenvalue weighted by molar-refractivity contribution is 5.98. The Labute approximate surface area is 120 Å². The van der Waals surface area contributed by atoms with Gasteiger partial charge in [-0.3, -0.25) is 4.99 Å². The summed E-state index contributed by atoms with van der Waals surface area (Å²) in [6, 6.07) is 0. The van der Waals surface area contributed by atoms with Gasteiger partial charge in [0, 0.05) is 12.3 Å². The number of hydrogen-bond acceptors (Lipinski definition) is 1. The van der Waals surface area contributed by atoms with E-state index in [0.29, 0.717) is 0 Å². The van der Waals surface area contributed by atoms with Gasteiger partial charge in [-0.1, -0.05) is 38.0 Å². The van der Waals surface area contributed by atoms with E-state index in [-0.39, 0.29) is 0 Å². The summed E-state index contributed by atoms with van der Waals surface area (Å²) >= 11 is 0. The molecule has 0 radical (unpaired) electrons. The van der Waals surface area contributed by atoms with Crippen molar-refractivity contribution in [2.45, 2.75) is 79.6 Å². The zero-order chi connectivity index (χ0) is 14.5. The van der Waals surface area contributed by atoms with E-state index in [0.717, 1.165) is 13.0 Å². The van der Waals surface area contributed by atoms with Gasteiger partial charge in [0.15, 0.2) is 0 Å². The standard InChI is InChI=1S/C18H33N/c1-6-9-10-11-12-13-14-15-16(4)18(7-2)17(5)19-8-3/h10-11H,6-9,12-15H2,1-5H3/b11-10-,18-16+,19-17?. The average Bonchev–Trinajstić information content (AvgIpc) is 2.39. The molecule has 0 rings (SSSR count). The number of unbranched alkanes of at least 4 members (excludes halogenated alkanes) is 3. The molecule has 0 bridgehead atoms. The van der Waals surface area contributed by atoms with Crippen LogP contribution < -0.4 is 0 Å². The highest BCUT2D eigenvalue weighted by Gasteiger charge is 2.03. The molecule has 0 aliphatic rings. The van der Waals surface area contributed by atoms with Crippen LogP contribution in [0.25, 0.3) is 0 Å². The summed E-state index contributed by atoms with van der Waals surface area (Å²) < 4.78 is 0. The molecule has 0 N–H and O–H groups in total. The second-order valence-corrected chi connectivity index (χ2v) is 5.18. The van der Waals surface area contributed by atoms with Crippen LogP contribution in [0.3, 0.4) is 0 Å². The van der Waals surface area contributed by atoms with Crippen LogP contribution in [0, 0.1) is 0 Å². The molecule has 0 atom stereocenters. The van der Waals surface area contributed by atoms with E-state index < -0.39 is 0 Å². The fourth-order valence-electron chi connectivity index (χ4n) is 2.40. The zero-order valence-electron chi connectivity index (χ0n) is 13.8. The molecule has 0 spiro atoms. The fourth-order valence-corrected chi connectivity index (χ4v) is 2.40. The molecule has 110 valence electrons. The van der Waals surface area contributed by atoms with Crippen molar-refractivity contribution in [2.75, 3.05) is 6.54 Å². The van der Waals surface area contributed by atoms with E-state index in [2.05, 4.69) is 51.8 Å². The first kappa shape index (κ1) is 18.1. The molecule has 0 saturated heterocycles. The molecule has 0 amide bonds. The van der Waals surface area contributed by atoms with E-state index in [1.54, 1.807) is 0 Å². The predicted octanol–water partition coefficient (Wildman–Crippen LogP) is 6.11. The third kappa shape index (κ3) is 8.80. The molecule has 0 unspecified atom stereocenters. The van der Waals surface area contributed by atoms with Crippen LogP contribution in [0.5, 0.6) is 0 Å². The van der Waals surface area contributed by atoms with Gasteiger partial charge in [0.2, 0.25) is 0 Å². The number of hydrogen-bond donors (Lipinski definition) is 0. The minimum atomic E-state index is 0.894. The minimum absolute atomic E-state index is 0.894. The number of aliphatic imine (C=N–C) groups is 1. The molecule has 1 heteroatoms. The molecule has 0 aromatic carbocycles. The zero-order valence-corrected chi connectivity index (χ0v) is 13.8. The summed E-state index contributed by atoms with van der Waals surface area (Å²) in [5.41, 5.74) is 4.25. The maximum absolute atomic E-state index is 4.54. The lowest BCUT2D eigenvalue weighted by molar-refractivity contribution is 0.735. The summed E-state index contributed by atoms with van der Waals surface area (Å²) in [6.45, 7) is 11.9. The van der Waals surface area contributed by atoms with Gasteiger partial charge in [-0.15, -0.1) is 0 Å². The first-order valence-electron chi connectivity index (χ1n) is 8.02. The average molecular weight is 263 g/mol. The van der Waals surface area contributed by atoms with Crippen molar-refractivity contribution < 1.29 is 0 Å². The molecule has 0 aromatic rings. The Kier molecular flexibility index (Phi) is 11.7. The minimum Gasteiger partial charge on any atom is -0.290 e.